The number of rotatable bonds is 4. The van der Waals surface area contributed by atoms with Crippen molar-refractivity contribution in [1.29, 1.82) is 0 Å². The van der Waals surface area contributed by atoms with E-state index in [-0.39, 0.29) is 22.9 Å². The lowest BCUT2D eigenvalue weighted by Crippen LogP contribution is -2.39. The number of Topliss-reactive ketones (excluding diaryl/α,β-unsaturated/α-hetero) is 1. The third kappa shape index (κ3) is 4.01. The molecular weight excluding hydrogens is 412 g/mol. The van der Waals surface area contributed by atoms with E-state index in [2.05, 4.69) is 5.32 Å². The fourth-order valence-electron chi connectivity index (χ4n) is 5.12. The van der Waals surface area contributed by atoms with E-state index in [1.807, 2.05) is 13.8 Å². The molecule has 1 fully saturated rings. The number of ketones is 1. The van der Waals surface area contributed by atoms with Crippen molar-refractivity contribution >= 4 is 17.4 Å². The van der Waals surface area contributed by atoms with Crippen LogP contribution in [-0.2, 0) is 14.3 Å². The van der Waals surface area contributed by atoms with E-state index < -0.39 is 28.2 Å². The largest absolute Gasteiger partial charge is 0.868 e. The van der Waals surface area contributed by atoms with Gasteiger partial charge < -0.3 is 15.2 Å². The molecule has 4 rings (SSSR count). The maximum atomic E-state index is 13.3. The van der Waals surface area contributed by atoms with Crippen LogP contribution in [0.5, 0.6) is 5.75 Å². The second-order valence-electron chi connectivity index (χ2n) is 9.73. The quantitative estimate of drug-likeness (QED) is 0.431. The number of hydrogen-bond donors (Lipinski definition) is 1. The van der Waals surface area contributed by atoms with Crippen LogP contribution in [0.3, 0.4) is 0 Å². The molecule has 0 amide bonds. The Bertz CT molecular complexity index is 1060. The number of ether oxygens (including phenoxy) is 1. The molecule has 0 spiro atoms. The average molecular weight is 439 g/mol. The molecule has 1 aliphatic heterocycles. The van der Waals surface area contributed by atoms with Gasteiger partial charge in [0.1, 0.15) is 6.10 Å². The first kappa shape index (κ1) is 22.0. The lowest BCUT2D eigenvalue weighted by Gasteiger charge is -2.39. The predicted molar refractivity (Wildman–Crippen MR) is 115 cm³/mol. The second-order valence-corrected chi connectivity index (χ2v) is 9.73. The summed E-state index contributed by atoms with van der Waals surface area (Å²) >= 11 is 0. The summed E-state index contributed by atoms with van der Waals surface area (Å²) in [6.07, 6.45) is 4.33. The molecule has 1 aromatic rings. The number of allylic oxidation sites excluding steroid dienone is 3. The highest BCUT2D eigenvalue weighted by molar-refractivity contribution is 6.04. The maximum Gasteiger partial charge on any atom is 0.337 e. The van der Waals surface area contributed by atoms with Gasteiger partial charge in [-0.1, -0.05) is 26.0 Å². The van der Waals surface area contributed by atoms with E-state index in [1.165, 1.54) is 12.1 Å². The number of nitro groups is 1. The van der Waals surface area contributed by atoms with Gasteiger partial charge >= 0.3 is 5.97 Å². The van der Waals surface area contributed by atoms with Crippen LogP contribution in [0.2, 0.25) is 0 Å². The topological polar surface area (TPSA) is 122 Å². The molecule has 1 N–H and O–H groups in total. The van der Waals surface area contributed by atoms with E-state index >= 15 is 0 Å². The number of esters is 1. The maximum absolute atomic E-state index is 13.3. The van der Waals surface area contributed by atoms with Crippen molar-refractivity contribution in [1.82, 2.24) is 5.32 Å². The Balaban J connectivity index is 1.84. The Morgan fingerprint density at radius 2 is 1.91 bits per heavy atom. The van der Waals surface area contributed by atoms with Crippen molar-refractivity contribution in [3.8, 4) is 5.75 Å². The minimum absolute atomic E-state index is 0.110. The third-order valence-electron chi connectivity index (χ3n) is 6.55. The summed E-state index contributed by atoms with van der Waals surface area (Å²) in [4.78, 5) is 37.2. The molecule has 1 heterocycles. The van der Waals surface area contributed by atoms with E-state index in [9.17, 15) is 24.8 Å². The molecule has 0 bridgehead atoms. The van der Waals surface area contributed by atoms with Crippen molar-refractivity contribution in [2.75, 3.05) is 0 Å². The molecule has 8 nitrogen and oxygen atoms in total. The molecule has 1 unspecified atom stereocenters. The van der Waals surface area contributed by atoms with E-state index in [4.69, 9.17) is 4.74 Å². The van der Waals surface area contributed by atoms with E-state index in [1.54, 1.807) is 6.92 Å². The van der Waals surface area contributed by atoms with Crippen LogP contribution < -0.4 is 10.4 Å². The first-order chi connectivity index (χ1) is 15.1. The zero-order valence-corrected chi connectivity index (χ0v) is 18.5. The van der Waals surface area contributed by atoms with Crippen molar-refractivity contribution in [3.05, 3.63) is 56.4 Å². The Kier molecular flexibility index (Phi) is 5.56. The van der Waals surface area contributed by atoms with Gasteiger partial charge in [-0.15, -0.1) is 0 Å². The van der Waals surface area contributed by atoms with Gasteiger partial charge in [0.05, 0.1) is 10.5 Å². The predicted octanol–water partition coefficient (Wildman–Crippen LogP) is 3.76. The van der Waals surface area contributed by atoms with Gasteiger partial charge in [0.15, 0.2) is 5.78 Å². The molecule has 32 heavy (non-hydrogen) atoms. The molecule has 170 valence electrons. The standard InChI is InChI=1S/C24H28N2O6/c1-13-20(23(29)32-15-6-4-5-7-15)21(14-8-9-18(27)17(10-14)26(30)31)22-16(25-13)11-24(2,3)12-19(22)28/h8-10,15,21,25,27H,4-7,11-12H2,1-3H3/p-1. The summed E-state index contributed by atoms with van der Waals surface area (Å²) in [7, 11) is 0. The summed E-state index contributed by atoms with van der Waals surface area (Å²) in [5.41, 5.74) is 1.54. The van der Waals surface area contributed by atoms with E-state index in [0.29, 0.717) is 29.7 Å². The van der Waals surface area contributed by atoms with Crippen LogP contribution in [-0.4, -0.2) is 22.8 Å². The summed E-state index contributed by atoms with van der Waals surface area (Å²) < 4.78 is 5.76. The summed E-state index contributed by atoms with van der Waals surface area (Å²) in [5, 5.41) is 26.7. The number of carbonyl (C=O) groups excluding carboxylic acids is 2. The lowest BCUT2D eigenvalue weighted by atomic mass is 9.68. The van der Waals surface area contributed by atoms with Crippen LogP contribution in [0.15, 0.2) is 40.7 Å². The number of benzene rings is 1. The zero-order chi connectivity index (χ0) is 23.2. The number of hydrogen-bond acceptors (Lipinski definition) is 7. The second kappa shape index (κ2) is 8.07. The van der Waals surface area contributed by atoms with Gasteiger partial charge in [-0.3, -0.25) is 14.9 Å². The monoisotopic (exact) mass is 439 g/mol. The normalized spacial score (nSPS) is 23.1. The van der Waals surface area contributed by atoms with Crippen LogP contribution in [0.25, 0.3) is 0 Å². The fraction of sp³-hybridized carbons (Fsp3) is 0.500. The molecule has 1 aromatic carbocycles. The summed E-state index contributed by atoms with van der Waals surface area (Å²) in [5.74, 6) is -2.16. The van der Waals surface area contributed by atoms with E-state index in [0.717, 1.165) is 37.4 Å². The minimum Gasteiger partial charge on any atom is -0.868 e. The first-order valence-electron chi connectivity index (χ1n) is 11.0. The van der Waals surface area contributed by atoms with Crippen molar-refractivity contribution in [2.45, 2.75) is 71.3 Å². The molecule has 0 saturated heterocycles. The molecule has 0 radical (unpaired) electrons. The van der Waals surface area contributed by atoms with Gasteiger partial charge in [-0.2, -0.15) is 0 Å². The van der Waals surface area contributed by atoms with Gasteiger partial charge in [0.2, 0.25) is 0 Å². The number of dihydropyridines is 1. The van der Waals surface area contributed by atoms with Crippen LogP contribution >= 0.6 is 0 Å². The third-order valence-corrected chi connectivity index (χ3v) is 6.55. The SMILES string of the molecule is CC1=C(C(=O)OC2CCCC2)C(c2ccc([O-])c([N+](=O)[O-])c2)C2=C(CC(C)(C)CC2=O)N1. The van der Waals surface area contributed by atoms with Crippen molar-refractivity contribution in [3.63, 3.8) is 0 Å². The van der Waals surface area contributed by atoms with Gasteiger partial charge in [0, 0.05) is 35.4 Å². The lowest BCUT2D eigenvalue weighted by molar-refractivity contribution is -0.398. The molecular formula is C24H27N2O6-. The van der Waals surface area contributed by atoms with Crippen LogP contribution in [0, 0.1) is 15.5 Å². The highest BCUT2D eigenvalue weighted by Crippen LogP contribution is 2.47. The van der Waals surface area contributed by atoms with Gasteiger partial charge in [-0.05, 0) is 55.8 Å². The summed E-state index contributed by atoms with van der Waals surface area (Å²) in [6, 6.07) is 3.79. The van der Waals surface area contributed by atoms with Crippen LogP contribution in [0.1, 0.15) is 70.8 Å². The highest BCUT2D eigenvalue weighted by atomic mass is 16.6. The molecule has 8 heteroatoms. The number of nitrogens with one attached hydrogen (secondary N) is 1. The Morgan fingerprint density at radius 1 is 1.22 bits per heavy atom. The zero-order valence-electron chi connectivity index (χ0n) is 18.5. The smallest absolute Gasteiger partial charge is 0.337 e. The number of nitro benzene ring substituents is 1. The average Bonchev–Trinajstić information content (AvgIpc) is 3.19. The van der Waals surface area contributed by atoms with Gasteiger partial charge in [0.25, 0.3) is 5.69 Å². The molecule has 2 aliphatic carbocycles. The first-order valence-corrected chi connectivity index (χ1v) is 11.0. The Labute approximate surface area is 186 Å². The molecule has 0 aromatic heterocycles. The van der Waals surface area contributed by atoms with Crippen molar-refractivity contribution in [2.24, 2.45) is 5.41 Å². The Hall–Kier alpha value is -3.16. The summed E-state index contributed by atoms with van der Waals surface area (Å²) in [6.45, 7) is 5.77. The fourth-order valence-corrected chi connectivity index (χ4v) is 5.12. The van der Waals surface area contributed by atoms with Crippen LogP contribution in [0.4, 0.5) is 5.69 Å². The minimum atomic E-state index is -0.817. The highest BCUT2D eigenvalue weighted by Gasteiger charge is 2.43. The Morgan fingerprint density at radius 3 is 2.56 bits per heavy atom. The number of nitrogens with zero attached hydrogens (tertiary/aromatic N) is 1. The van der Waals surface area contributed by atoms with Crippen molar-refractivity contribution < 1.29 is 24.4 Å². The molecule has 3 aliphatic rings. The molecule has 1 saturated carbocycles. The van der Waals surface area contributed by atoms with Gasteiger partial charge in [-0.25, -0.2) is 4.79 Å². The number of carbonyl (C=O) groups is 2. The molecule has 1 atom stereocenters.